The standard InChI is InChI=1S/C39H47N7O5Si/c1-27-35(52(2,3)50)34(16-22-43-25-28(17-23-47)41-42-43)51-39(27)32-24-31(14-15-33(32)46(37(39)49)30-12-8-5-9-13-30)44-26-45(29-10-6-4-7-11-29)38(36(44)48)18-20-40-21-19-38/h4-15,24-25,27,34-35,40,47,50H,16-23,26H2,1-3H3/t27-,34+,35-,39+/m1/s1. The number of carbonyl (C=O) groups is 2. The highest BCUT2D eigenvalue weighted by Crippen LogP contribution is 2.61. The van der Waals surface area contributed by atoms with Crippen LogP contribution >= 0.6 is 0 Å². The lowest BCUT2D eigenvalue weighted by molar-refractivity contribution is -0.145. The van der Waals surface area contributed by atoms with Crippen LogP contribution in [0.3, 0.4) is 0 Å². The summed E-state index contributed by atoms with van der Waals surface area (Å²) >= 11 is 0. The molecule has 5 heterocycles. The van der Waals surface area contributed by atoms with E-state index in [1.807, 2.05) is 97.8 Å². The van der Waals surface area contributed by atoms with E-state index in [1.165, 1.54) is 0 Å². The first kappa shape index (κ1) is 34.7. The lowest BCUT2D eigenvalue weighted by Gasteiger charge is -2.39. The van der Waals surface area contributed by atoms with Crippen molar-refractivity contribution in [1.29, 1.82) is 0 Å². The molecule has 0 bridgehead atoms. The predicted octanol–water partition coefficient (Wildman–Crippen LogP) is 4.31. The Morgan fingerprint density at radius 3 is 2.31 bits per heavy atom. The molecule has 8 rings (SSSR count). The summed E-state index contributed by atoms with van der Waals surface area (Å²) in [5.74, 6) is -0.501. The summed E-state index contributed by atoms with van der Waals surface area (Å²) in [5, 5.41) is 21.2. The number of aromatic nitrogens is 3. The summed E-state index contributed by atoms with van der Waals surface area (Å²) in [6, 6.07) is 25.6. The van der Waals surface area contributed by atoms with Crippen LogP contribution < -0.4 is 20.0 Å². The van der Waals surface area contributed by atoms with Crippen molar-refractivity contribution in [3.8, 4) is 0 Å². The van der Waals surface area contributed by atoms with Crippen molar-refractivity contribution in [2.24, 2.45) is 5.92 Å². The Kier molecular flexibility index (Phi) is 8.82. The summed E-state index contributed by atoms with van der Waals surface area (Å²) in [5.41, 5.74) is 2.26. The molecular formula is C39H47N7O5Si. The van der Waals surface area contributed by atoms with E-state index in [9.17, 15) is 14.7 Å². The van der Waals surface area contributed by atoms with E-state index in [1.54, 1.807) is 9.58 Å². The van der Waals surface area contributed by atoms with Gasteiger partial charge in [0.05, 0.1) is 24.2 Å². The fourth-order valence-corrected chi connectivity index (χ4v) is 12.0. The van der Waals surface area contributed by atoms with Crippen molar-refractivity contribution >= 4 is 42.9 Å². The first-order chi connectivity index (χ1) is 25.1. The number of carbonyl (C=O) groups excluding carboxylic acids is 2. The molecule has 52 heavy (non-hydrogen) atoms. The van der Waals surface area contributed by atoms with Crippen LogP contribution in [-0.4, -0.2) is 83.0 Å². The number of rotatable bonds is 9. The van der Waals surface area contributed by atoms with Crippen LogP contribution in [0.15, 0.2) is 85.1 Å². The molecule has 3 N–H and O–H groups in total. The zero-order chi connectivity index (χ0) is 36.3. The zero-order valence-corrected chi connectivity index (χ0v) is 31.0. The number of benzene rings is 3. The second kappa shape index (κ2) is 13.2. The molecule has 4 atom stereocenters. The van der Waals surface area contributed by atoms with Crippen LogP contribution in [0.4, 0.5) is 22.7 Å². The van der Waals surface area contributed by atoms with E-state index < -0.39 is 25.6 Å². The Morgan fingerprint density at radius 2 is 1.63 bits per heavy atom. The fraction of sp³-hybridized carbons (Fsp3) is 0.436. The molecule has 3 aromatic carbocycles. The molecule has 4 aliphatic heterocycles. The van der Waals surface area contributed by atoms with E-state index in [0.29, 0.717) is 50.2 Å². The first-order valence-electron chi connectivity index (χ1n) is 18.4. The van der Waals surface area contributed by atoms with Crippen molar-refractivity contribution < 1.29 is 24.2 Å². The Morgan fingerprint density at radius 1 is 0.942 bits per heavy atom. The number of fused-ring (bicyclic) bond motifs is 2. The van der Waals surface area contributed by atoms with Gasteiger partial charge in [0.1, 0.15) is 5.54 Å². The Hall–Kier alpha value is -4.40. The van der Waals surface area contributed by atoms with Gasteiger partial charge in [-0.05, 0) is 87.9 Å². The average molecular weight is 722 g/mol. The number of ether oxygens (including phenoxy) is 1. The zero-order valence-electron chi connectivity index (χ0n) is 30.0. The van der Waals surface area contributed by atoms with Gasteiger partial charge in [0.15, 0.2) is 13.9 Å². The van der Waals surface area contributed by atoms with Crippen molar-refractivity contribution in [2.45, 2.75) is 75.0 Å². The highest BCUT2D eigenvalue weighted by molar-refractivity contribution is 6.71. The molecule has 4 aliphatic rings. The van der Waals surface area contributed by atoms with Gasteiger partial charge in [-0.25, -0.2) is 0 Å². The third-order valence-electron chi connectivity index (χ3n) is 11.7. The number of para-hydroxylation sites is 2. The van der Waals surface area contributed by atoms with Crippen LogP contribution in [0.5, 0.6) is 0 Å². The van der Waals surface area contributed by atoms with Gasteiger partial charge < -0.3 is 24.9 Å². The molecule has 0 unspecified atom stereocenters. The molecule has 0 saturated carbocycles. The van der Waals surface area contributed by atoms with Crippen LogP contribution in [0.2, 0.25) is 18.6 Å². The van der Waals surface area contributed by atoms with E-state index in [2.05, 4.69) is 32.7 Å². The van der Waals surface area contributed by atoms with Gasteiger partial charge in [0.2, 0.25) is 0 Å². The molecular weight excluding hydrogens is 675 g/mol. The topological polar surface area (TPSA) is 136 Å². The number of aryl methyl sites for hydroxylation is 1. The van der Waals surface area contributed by atoms with Gasteiger partial charge in [-0.15, -0.1) is 5.10 Å². The minimum absolute atomic E-state index is 0.0102. The van der Waals surface area contributed by atoms with Crippen molar-refractivity contribution in [3.05, 3.63) is 96.3 Å². The van der Waals surface area contributed by atoms with Gasteiger partial charge in [-0.3, -0.25) is 24.1 Å². The van der Waals surface area contributed by atoms with E-state index >= 15 is 4.79 Å². The van der Waals surface area contributed by atoms with Gasteiger partial charge in [0.25, 0.3) is 11.8 Å². The van der Waals surface area contributed by atoms with E-state index in [0.717, 1.165) is 35.8 Å². The number of anilines is 4. The minimum atomic E-state index is -2.92. The third kappa shape index (κ3) is 5.48. The summed E-state index contributed by atoms with van der Waals surface area (Å²) in [7, 11) is -2.92. The maximum Gasteiger partial charge on any atom is 0.268 e. The number of nitrogens with zero attached hydrogens (tertiary/aromatic N) is 6. The molecule has 0 radical (unpaired) electrons. The van der Waals surface area contributed by atoms with Crippen molar-refractivity contribution in [3.63, 3.8) is 0 Å². The monoisotopic (exact) mass is 721 g/mol. The van der Waals surface area contributed by atoms with Gasteiger partial charge >= 0.3 is 0 Å². The molecule has 272 valence electrons. The molecule has 1 aromatic heterocycles. The second-order valence-electron chi connectivity index (χ2n) is 15.2. The third-order valence-corrected chi connectivity index (χ3v) is 14.2. The quantitative estimate of drug-likeness (QED) is 0.216. The lowest BCUT2D eigenvalue weighted by Crippen LogP contribution is -2.55. The lowest BCUT2D eigenvalue weighted by atomic mass is 9.82. The largest absolute Gasteiger partial charge is 0.432 e. The van der Waals surface area contributed by atoms with Crippen molar-refractivity contribution in [2.75, 3.05) is 41.1 Å². The SMILES string of the molecule is C[C@@H]1[C@@H]([Si](C)(C)O)[C@H](CCn2cc(CCO)nn2)O[C@@]12C(=O)N(c1ccccc1)c1ccc(N3CN(c4ccccc4)C4(CCNCC4)C3=O)cc12. The average Bonchev–Trinajstić information content (AvgIpc) is 3.86. The highest BCUT2D eigenvalue weighted by Gasteiger charge is 2.66. The molecule has 0 aliphatic carbocycles. The summed E-state index contributed by atoms with van der Waals surface area (Å²) in [4.78, 5) is 47.5. The number of nitrogens with one attached hydrogen (secondary N) is 1. The Bertz CT molecular complexity index is 1950. The van der Waals surface area contributed by atoms with Gasteiger partial charge in [-0.1, -0.05) is 48.5 Å². The highest BCUT2D eigenvalue weighted by atomic mass is 28.4. The molecule has 2 amide bonds. The van der Waals surface area contributed by atoms with Crippen molar-refractivity contribution in [1.82, 2.24) is 20.3 Å². The van der Waals surface area contributed by atoms with E-state index in [4.69, 9.17) is 4.74 Å². The summed E-state index contributed by atoms with van der Waals surface area (Å²) in [6.45, 7) is 8.24. The molecule has 2 spiro atoms. The smallest absolute Gasteiger partial charge is 0.268 e. The normalized spacial score (nSPS) is 25.6. The number of hydrogen-bond acceptors (Lipinski definition) is 9. The predicted molar refractivity (Wildman–Crippen MR) is 201 cm³/mol. The number of hydrogen-bond donors (Lipinski definition) is 3. The van der Waals surface area contributed by atoms with Crippen LogP contribution in [0.1, 0.15) is 37.4 Å². The van der Waals surface area contributed by atoms with Crippen LogP contribution in [0, 0.1) is 5.92 Å². The molecule has 4 aromatic rings. The number of piperidine rings is 1. The van der Waals surface area contributed by atoms with Crippen LogP contribution in [-0.2, 0) is 32.9 Å². The Balaban J connectivity index is 1.21. The molecule has 3 saturated heterocycles. The number of aliphatic hydroxyl groups excluding tert-OH is 1. The maximum atomic E-state index is 15.1. The van der Waals surface area contributed by atoms with Gasteiger partial charge in [-0.2, -0.15) is 0 Å². The van der Waals surface area contributed by atoms with Crippen LogP contribution in [0.25, 0.3) is 0 Å². The number of amides is 2. The van der Waals surface area contributed by atoms with E-state index in [-0.39, 0.29) is 29.9 Å². The Labute approximate surface area is 305 Å². The summed E-state index contributed by atoms with van der Waals surface area (Å²) < 4.78 is 8.87. The second-order valence-corrected chi connectivity index (χ2v) is 19.2. The maximum absolute atomic E-state index is 15.1. The fourth-order valence-electron chi connectivity index (χ4n) is 9.37. The first-order valence-corrected chi connectivity index (χ1v) is 21.4. The number of aliphatic hydroxyl groups is 1. The van der Waals surface area contributed by atoms with Gasteiger partial charge in [0, 0.05) is 59.9 Å². The molecule has 13 heteroatoms. The summed E-state index contributed by atoms with van der Waals surface area (Å²) in [6.07, 6.45) is 3.70. The molecule has 12 nitrogen and oxygen atoms in total. The minimum Gasteiger partial charge on any atom is -0.432 e. The molecule has 3 fully saturated rings.